The van der Waals surface area contributed by atoms with E-state index in [1.165, 1.54) is 16.3 Å². The van der Waals surface area contributed by atoms with Gasteiger partial charge in [-0.1, -0.05) is 0 Å². The smallest absolute Gasteiger partial charge is 0.343 e. The summed E-state index contributed by atoms with van der Waals surface area (Å²) >= 11 is 1.19. The zero-order chi connectivity index (χ0) is 14.7. The third-order valence-corrected chi connectivity index (χ3v) is 3.66. The van der Waals surface area contributed by atoms with Gasteiger partial charge in [0.25, 0.3) is 0 Å². The minimum atomic E-state index is -0.456. The number of aromatic amines is 1. The van der Waals surface area contributed by atoms with E-state index in [1.54, 1.807) is 32.2 Å². The predicted octanol–water partition coefficient (Wildman–Crippen LogP) is 1.02. The molecule has 0 amide bonds. The molecule has 2 rings (SSSR count). The van der Waals surface area contributed by atoms with Crippen LogP contribution >= 0.6 is 11.8 Å². The van der Waals surface area contributed by atoms with Crippen LogP contribution in [0.5, 0.6) is 0 Å². The Hall–Kier alpha value is -2.22. The molecule has 1 heterocycles. The molecule has 0 aliphatic carbocycles. The van der Waals surface area contributed by atoms with Crippen LogP contribution in [-0.4, -0.2) is 27.3 Å². The number of rotatable bonds is 4. The molecule has 2 aromatic rings. The number of hydrogen-bond acceptors (Lipinski definition) is 6. The summed E-state index contributed by atoms with van der Waals surface area (Å²) in [5.74, 6) is -0.456. The van der Waals surface area contributed by atoms with Crippen molar-refractivity contribution < 1.29 is 9.53 Å². The SMILES string of the molecule is CCOC(=O)c1cc(N)ccc1Sc1n[nH]c(=O)n1C. The number of nitrogen functional groups attached to an aromatic ring is 1. The maximum absolute atomic E-state index is 11.9. The molecular weight excluding hydrogens is 280 g/mol. The van der Waals surface area contributed by atoms with Crippen LogP contribution in [0, 0.1) is 0 Å². The third-order valence-electron chi connectivity index (χ3n) is 2.54. The first-order valence-corrected chi connectivity index (χ1v) is 6.70. The van der Waals surface area contributed by atoms with Gasteiger partial charge < -0.3 is 10.5 Å². The van der Waals surface area contributed by atoms with E-state index in [1.807, 2.05) is 0 Å². The Bertz CT molecular complexity index is 692. The van der Waals surface area contributed by atoms with Crippen LogP contribution in [0.4, 0.5) is 5.69 Å². The molecule has 0 fully saturated rings. The van der Waals surface area contributed by atoms with E-state index in [2.05, 4.69) is 10.2 Å². The Morgan fingerprint density at radius 3 is 2.90 bits per heavy atom. The lowest BCUT2D eigenvalue weighted by molar-refractivity contribution is 0.0522. The summed E-state index contributed by atoms with van der Waals surface area (Å²) in [4.78, 5) is 23.9. The standard InChI is InChI=1S/C12H14N4O3S/c1-3-19-10(17)8-6-7(13)4-5-9(8)20-12-15-14-11(18)16(12)2/h4-6H,3,13H2,1-2H3,(H,14,18). The van der Waals surface area contributed by atoms with Gasteiger partial charge in [0.15, 0.2) is 5.16 Å². The van der Waals surface area contributed by atoms with E-state index in [0.29, 0.717) is 21.3 Å². The predicted molar refractivity (Wildman–Crippen MR) is 74.8 cm³/mol. The molecule has 0 aliphatic heterocycles. The van der Waals surface area contributed by atoms with E-state index in [0.717, 1.165) is 0 Å². The number of aromatic nitrogens is 3. The number of benzene rings is 1. The topological polar surface area (TPSA) is 103 Å². The molecule has 0 atom stereocenters. The summed E-state index contributed by atoms with van der Waals surface area (Å²) in [5, 5.41) is 6.67. The number of anilines is 1. The van der Waals surface area contributed by atoms with E-state index < -0.39 is 5.97 Å². The van der Waals surface area contributed by atoms with Crippen LogP contribution in [0.2, 0.25) is 0 Å². The zero-order valence-electron chi connectivity index (χ0n) is 11.0. The van der Waals surface area contributed by atoms with Crippen molar-refractivity contribution in [1.82, 2.24) is 14.8 Å². The molecule has 0 saturated heterocycles. The molecule has 0 bridgehead atoms. The Balaban J connectivity index is 2.38. The van der Waals surface area contributed by atoms with Gasteiger partial charge in [-0.3, -0.25) is 4.57 Å². The van der Waals surface area contributed by atoms with Gasteiger partial charge in [0.1, 0.15) is 0 Å². The molecule has 3 N–H and O–H groups in total. The summed E-state index contributed by atoms with van der Waals surface area (Å²) < 4.78 is 6.35. The summed E-state index contributed by atoms with van der Waals surface area (Å²) in [5.41, 5.74) is 6.20. The minimum Gasteiger partial charge on any atom is -0.462 e. The molecule has 8 heteroatoms. The van der Waals surface area contributed by atoms with E-state index in [4.69, 9.17) is 10.5 Å². The lowest BCUT2D eigenvalue weighted by Gasteiger charge is -2.08. The van der Waals surface area contributed by atoms with Crippen LogP contribution in [0.25, 0.3) is 0 Å². The van der Waals surface area contributed by atoms with Crippen molar-refractivity contribution in [3.8, 4) is 0 Å². The summed E-state index contributed by atoms with van der Waals surface area (Å²) in [6.45, 7) is 2.01. The maximum atomic E-state index is 11.9. The number of ether oxygens (including phenoxy) is 1. The first-order valence-electron chi connectivity index (χ1n) is 5.88. The van der Waals surface area contributed by atoms with Crippen molar-refractivity contribution in [2.24, 2.45) is 7.05 Å². The average Bonchev–Trinajstić information content (AvgIpc) is 2.73. The quantitative estimate of drug-likeness (QED) is 0.644. The number of H-pyrrole nitrogens is 1. The van der Waals surface area contributed by atoms with Crippen molar-refractivity contribution in [3.63, 3.8) is 0 Å². The van der Waals surface area contributed by atoms with Gasteiger partial charge in [0, 0.05) is 17.6 Å². The van der Waals surface area contributed by atoms with Crippen LogP contribution in [-0.2, 0) is 11.8 Å². The molecule has 1 aromatic carbocycles. The van der Waals surface area contributed by atoms with Crippen molar-refractivity contribution in [1.29, 1.82) is 0 Å². The third kappa shape index (κ3) is 2.85. The van der Waals surface area contributed by atoms with Crippen LogP contribution in [0.15, 0.2) is 33.0 Å². The number of carbonyl (C=O) groups excluding carboxylic acids is 1. The van der Waals surface area contributed by atoms with Gasteiger partial charge in [-0.25, -0.2) is 14.7 Å². The number of nitrogens with one attached hydrogen (secondary N) is 1. The summed E-state index contributed by atoms with van der Waals surface area (Å²) in [6, 6.07) is 4.92. The lowest BCUT2D eigenvalue weighted by Crippen LogP contribution is -2.13. The second kappa shape index (κ2) is 5.83. The van der Waals surface area contributed by atoms with Gasteiger partial charge in [0.05, 0.1) is 12.2 Å². The van der Waals surface area contributed by atoms with Crippen molar-refractivity contribution in [3.05, 3.63) is 34.2 Å². The van der Waals surface area contributed by atoms with E-state index >= 15 is 0 Å². The molecule has 0 aliphatic rings. The van der Waals surface area contributed by atoms with Gasteiger partial charge in [-0.15, -0.1) is 5.10 Å². The molecule has 0 saturated carbocycles. The van der Waals surface area contributed by atoms with Crippen LogP contribution in [0.1, 0.15) is 17.3 Å². The molecule has 0 spiro atoms. The first-order chi connectivity index (χ1) is 9.52. The largest absolute Gasteiger partial charge is 0.462 e. The molecule has 7 nitrogen and oxygen atoms in total. The number of nitrogens with two attached hydrogens (primary N) is 1. The first kappa shape index (κ1) is 14.2. The molecule has 20 heavy (non-hydrogen) atoms. The van der Waals surface area contributed by atoms with Crippen molar-refractivity contribution >= 4 is 23.4 Å². The fourth-order valence-corrected chi connectivity index (χ4v) is 2.42. The Labute approximate surface area is 119 Å². The second-order valence-corrected chi connectivity index (χ2v) is 4.96. The van der Waals surface area contributed by atoms with Gasteiger partial charge >= 0.3 is 11.7 Å². The number of esters is 1. The molecule has 1 aromatic heterocycles. The fourth-order valence-electron chi connectivity index (χ4n) is 1.53. The van der Waals surface area contributed by atoms with Gasteiger partial charge in [-0.2, -0.15) is 0 Å². The molecule has 0 radical (unpaired) electrons. The Morgan fingerprint density at radius 1 is 1.55 bits per heavy atom. The van der Waals surface area contributed by atoms with E-state index in [9.17, 15) is 9.59 Å². The number of carbonyl (C=O) groups is 1. The number of nitrogens with zero attached hydrogens (tertiary/aromatic N) is 2. The Kier molecular flexibility index (Phi) is 4.14. The van der Waals surface area contributed by atoms with Gasteiger partial charge in [-0.05, 0) is 36.9 Å². The summed E-state index contributed by atoms with van der Waals surface area (Å²) in [6.07, 6.45) is 0. The second-order valence-electron chi connectivity index (χ2n) is 3.95. The van der Waals surface area contributed by atoms with Crippen LogP contribution in [0.3, 0.4) is 0 Å². The fraction of sp³-hybridized carbons (Fsp3) is 0.250. The van der Waals surface area contributed by atoms with Crippen LogP contribution < -0.4 is 11.4 Å². The molecule has 106 valence electrons. The number of hydrogen-bond donors (Lipinski definition) is 2. The van der Waals surface area contributed by atoms with Crippen molar-refractivity contribution in [2.45, 2.75) is 17.0 Å². The highest BCUT2D eigenvalue weighted by atomic mass is 32.2. The van der Waals surface area contributed by atoms with E-state index in [-0.39, 0.29) is 12.3 Å². The lowest BCUT2D eigenvalue weighted by atomic mass is 10.2. The zero-order valence-corrected chi connectivity index (χ0v) is 11.9. The normalized spacial score (nSPS) is 10.5. The summed E-state index contributed by atoms with van der Waals surface area (Å²) in [7, 11) is 1.59. The highest BCUT2D eigenvalue weighted by Crippen LogP contribution is 2.30. The minimum absolute atomic E-state index is 0.276. The highest BCUT2D eigenvalue weighted by Gasteiger charge is 2.16. The van der Waals surface area contributed by atoms with Crippen molar-refractivity contribution in [2.75, 3.05) is 12.3 Å². The molecule has 0 unspecified atom stereocenters. The highest BCUT2D eigenvalue weighted by molar-refractivity contribution is 7.99. The Morgan fingerprint density at radius 2 is 2.30 bits per heavy atom. The average molecular weight is 294 g/mol. The monoisotopic (exact) mass is 294 g/mol. The molecular formula is C12H14N4O3S. The van der Waals surface area contributed by atoms with Gasteiger partial charge in [0.2, 0.25) is 0 Å². The maximum Gasteiger partial charge on any atom is 0.343 e.